The third-order valence-corrected chi connectivity index (χ3v) is 2.45. The lowest BCUT2D eigenvalue weighted by Gasteiger charge is -2.12. The molecule has 100 valence electrons. The molecule has 2 N–H and O–H groups in total. The third-order valence-electron chi connectivity index (χ3n) is 2.45. The number of hydroxylamine groups is 4. The van der Waals surface area contributed by atoms with Crippen molar-refractivity contribution < 1.29 is 19.3 Å². The fourth-order valence-corrected chi connectivity index (χ4v) is 1.58. The highest BCUT2D eigenvalue weighted by molar-refractivity contribution is 5.91. The smallest absolute Gasteiger partial charge is 0.349 e. The van der Waals surface area contributed by atoms with Gasteiger partial charge >= 0.3 is 11.9 Å². The summed E-state index contributed by atoms with van der Waals surface area (Å²) < 4.78 is 0. The second kappa shape index (κ2) is 6.45. The zero-order valence-corrected chi connectivity index (χ0v) is 9.92. The van der Waals surface area contributed by atoms with Gasteiger partial charge in [0.1, 0.15) is 0 Å². The molecule has 2 heterocycles. The predicted octanol–water partition coefficient (Wildman–Crippen LogP) is -1.82. The minimum absolute atomic E-state index is 0.503. The molecule has 8 heteroatoms. The molecule has 2 fully saturated rings. The van der Waals surface area contributed by atoms with Gasteiger partial charge in [-0.1, -0.05) is 0 Å². The summed E-state index contributed by atoms with van der Waals surface area (Å²) in [4.78, 5) is 32.5. The van der Waals surface area contributed by atoms with E-state index in [1.807, 2.05) is 0 Å². The predicted molar refractivity (Wildman–Crippen MR) is 60.5 cm³/mol. The molecule has 2 aliphatic rings. The highest BCUT2D eigenvalue weighted by atomic mass is 16.7. The Labute approximate surface area is 104 Å². The van der Waals surface area contributed by atoms with Crippen molar-refractivity contribution in [1.29, 1.82) is 0 Å². The van der Waals surface area contributed by atoms with Crippen molar-refractivity contribution in [2.24, 2.45) is 0 Å². The number of nitrogens with zero attached hydrogens (tertiary/aromatic N) is 2. The van der Waals surface area contributed by atoms with Crippen LogP contribution in [0.15, 0.2) is 12.2 Å². The van der Waals surface area contributed by atoms with Crippen LogP contribution in [0.5, 0.6) is 0 Å². The van der Waals surface area contributed by atoms with E-state index in [0.717, 1.165) is 25.2 Å². The average molecular weight is 256 g/mol. The van der Waals surface area contributed by atoms with E-state index in [0.29, 0.717) is 26.4 Å². The van der Waals surface area contributed by atoms with Crippen molar-refractivity contribution in [2.45, 2.75) is 0 Å². The van der Waals surface area contributed by atoms with Crippen molar-refractivity contribution in [3.8, 4) is 0 Å². The van der Waals surface area contributed by atoms with E-state index in [2.05, 4.69) is 10.6 Å². The van der Waals surface area contributed by atoms with Gasteiger partial charge in [-0.15, -0.1) is 10.1 Å². The van der Waals surface area contributed by atoms with Crippen LogP contribution in [0.2, 0.25) is 0 Å². The number of hydrogen-bond acceptors (Lipinski definition) is 8. The van der Waals surface area contributed by atoms with Crippen LogP contribution in [0, 0.1) is 0 Å². The van der Waals surface area contributed by atoms with E-state index >= 15 is 0 Å². The first-order valence-corrected chi connectivity index (χ1v) is 5.77. The van der Waals surface area contributed by atoms with Gasteiger partial charge in [-0.3, -0.25) is 0 Å². The van der Waals surface area contributed by atoms with E-state index in [1.54, 1.807) is 0 Å². The summed E-state index contributed by atoms with van der Waals surface area (Å²) in [6.45, 7) is 3.85. The minimum Gasteiger partial charge on any atom is -0.363 e. The molecule has 2 rings (SSSR count). The highest BCUT2D eigenvalue weighted by Gasteiger charge is 2.16. The van der Waals surface area contributed by atoms with Crippen molar-refractivity contribution in [2.75, 3.05) is 39.5 Å². The SMILES string of the molecule is O=C(/C=C\C(=O)ON1CCNC1)ON1CCNC1. The molecule has 0 spiro atoms. The van der Waals surface area contributed by atoms with Gasteiger partial charge in [0, 0.05) is 38.3 Å². The monoisotopic (exact) mass is 256 g/mol. The number of nitrogens with one attached hydrogen (secondary N) is 2. The maximum absolute atomic E-state index is 11.3. The quantitative estimate of drug-likeness (QED) is 0.569. The molecule has 0 saturated carbocycles. The lowest BCUT2D eigenvalue weighted by molar-refractivity contribution is -0.181. The summed E-state index contributed by atoms with van der Waals surface area (Å²) in [6.07, 6.45) is 2.12. The third kappa shape index (κ3) is 4.08. The number of rotatable bonds is 4. The Balaban J connectivity index is 1.68. The normalized spacial score (nSPS) is 21.6. The molecular weight excluding hydrogens is 240 g/mol. The molecule has 0 unspecified atom stereocenters. The molecule has 0 aliphatic carbocycles. The first-order chi connectivity index (χ1) is 8.74. The maximum atomic E-state index is 11.3. The Morgan fingerprint density at radius 3 is 1.67 bits per heavy atom. The van der Waals surface area contributed by atoms with E-state index < -0.39 is 11.9 Å². The summed E-state index contributed by atoms with van der Waals surface area (Å²) in [6, 6.07) is 0. The fourth-order valence-electron chi connectivity index (χ4n) is 1.58. The lowest BCUT2D eigenvalue weighted by Crippen LogP contribution is -2.26. The maximum Gasteiger partial charge on any atom is 0.349 e. The van der Waals surface area contributed by atoms with Gasteiger partial charge in [0.2, 0.25) is 0 Å². The standard InChI is InChI=1S/C10H16N4O4/c15-9(17-13-5-3-11-7-13)1-2-10(16)18-14-6-4-12-8-14/h1-2,11-12H,3-8H2/b2-1-. The van der Waals surface area contributed by atoms with Gasteiger partial charge in [-0.05, 0) is 0 Å². The molecule has 18 heavy (non-hydrogen) atoms. The van der Waals surface area contributed by atoms with Gasteiger partial charge < -0.3 is 20.3 Å². The number of carbonyl (C=O) groups is 2. The molecule has 8 nitrogen and oxygen atoms in total. The van der Waals surface area contributed by atoms with E-state index in [-0.39, 0.29) is 0 Å². The summed E-state index contributed by atoms with van der Waals surface area (Å²) in [5.41, 5.74) is 0. The molecule has 2 saturated heterocycles. The molecule has 0 aromatic carbocycles. The van der Waals surface area contributed by atoms with Gasteiger partial charge in [0.05, 0.1) is 13.3 Å². The Kier molecular flexibility index (Phi) is 4.65. The molecule has 0 radical (unpaired) electrons. The Morgan fingerprint density at radius 2 is 1.33 bits per heavy atom. The van der Waals surface area contributed by atoms with Gasteiger partial charge in [0.25, 0.3) is 0 Å². The second-order valence-corrected chi connectivity index (χ2v) is 3.88. The first kappa shape index (κ1) is 13.0. The molecule has 0 aromatic rings. The van der Waals surface area contributed by atoms with Crippen molar-refractivity contribution in [1.82, 2.24) is 20.8 Å². The largest absolute Gasteiger partial charge is 0.363 e. The summed E-state index contributed by atoms with van der Waals surface area (Å²) in [5, 5.41) is 9.00. The van der Waals surface area contributed by atoms with Gasteiger partial charge in [0.15, 0.2) is 0 Å². The molecule has 0 aromatic heterocycles. The van der Waals surface area contributed by atoms with Crippen LogP contribution < -0.4 is 10.6 Å². The topological polar surface area (TPSA) is 83.1 Å². The molecular formula is C10H16N4O4. The Hall–Kier alpha value is -1.48. The highest BCUT2D eigenvalue weighted by Crippen LogP contribution is 1.97. The van der Waals surface area contributed by atoms with Gasteiger partial charge in [-0.25, -0.2) is 9.59 Å². The van der Waals surface area contributed by atoms with Crippen LogP contribution in [0.25, 0.3) is 0 Å². The van der Waals surface area contributed by atoms with Crippen molar-refractivity contribution >= 4 is 11.9 Å². The molecule has 0 atom stereocenters. The molecule has 2 aliphatic heterocycles. The van der Waals surface area contributed by atoms with E-state index in [9.17, 15) is 9.59 Å². The number of carbonyl (C=O) groups excluding carboxylic acids is 2. The summed E-state index contributed by atoms with van der Waals surface area (Å²) in [5.74, 6) is -1.18. The Morgan fingerprint density at radius 1 is 0.889 bits per heavy atom. The average Bonchev–Trinajstić information content (AvgIpc) is 2.99. The van der Waals surface area contributed by atoms with Crippen LogP contribution in [-0.4, -0.2) is 61.6 Å². The molecule has 0 bridgehead atoms. The van der Waals surface area contributed by atoms with Crippen molar-refractivity contribution in [3.63, 3.8) is 0 Å². The summed E-state index contributed by atoms with van der Waals surface area (Å²) in [7, 11) is 0. The van der Waals surface area contributed by atoms with Crippen LogP contribution >= 0.6 is 0 Å². The van der Waals surface area contributed by atoms with Gasteiger partial charge in [-0.2, -0.15) is 0 Å². The fraction of sp³-hybridized carbons (Fsp3) is 0.600. The molecule has 0 amide bonds. The zero-order chi connectivity index (χ0) is 12.8. The second-order valence-electron chi connectivity index (χ2n) is 3.88. The van der Waals surface area contributed by atoms with Crippen LogP contribution in [0.4, 0.5) is 0 Å². The van der Waals surface area contributed by atoms with Crippen LogP contribution in [-0.2, 0) is 19.3 Å². The number of hydrogen-bond donors (Lipinski definition) is 2. The zero-order valence-electron chi connectivity index (χ0n) is 9.92. The van der Waals surface area contributed by atoms with Crippen molar-refractivity contribution in [3.05, 3.63) is 12.2 Å². The van der Waals surface area contributed by atoms with Crippen LogP contribution in [0.3, 0.4) is 0 Å². The Bertz CT molecular complexity index is 303. The first-order valence-electron chi connectivity index (χ1n) is 5.77. The van der Waals surface area contributed by atoms with Crippen LogP contribution in [0.1, 0.15) is 0 Å². The lowest BCUT2D eigenvalue weighted by atomic mass is 10.5. The van der Waals surface area contributed by atoms with E-state index in [4.69, 9.17) is 9.68 Å². The summed E-state index contributed by atoms with van der Waals surface area (Å²) >= 11 is 0. The minimum atomic E-state index is -0.588. The van der Waals surface area contributed by atoms with E-state index in [1.165, 1.54) is 10.1 Å².